The molecule has 1 aliphatic heterocycles. The Morgan fingerprint density at radius 2 is 1.88 bits per heavy atom. The number of aryl methyl sites for hydroxylation is 1. The molecule has 1 saturated carbocycles. The second-order valence-electron chi connectivity index (χ2n) is 6.83. The van der Waals surface area contributed by atoms with Gasteiger partial charge in [0, 0.05) is 11.6 Å². The van der Waals surface area contributed by atoms with Crippen molar-refractivity contribution in [2.75, 3.05) is 11.5 Å². The van der Waals surface area contributed by atoms with Crippen molar-refractivity contribution >= 4 is 33.7 Å². The largest absolute Gasteiger partial charge is 0.480 e. The number of hydrogen-bond donors (Lipinski definition) is 3. The van der Waals surface area contributed by atoms with Gasteiger partial charge < -0.3 is 10.4 Å². The lowest BCUT2D eigenvalue weighted by atomic mass is 9.91. The molecule has 1 aliphatic carbocycles. The predicted octanol–water partition coefficient (Wildman–Crippen LogP) is 1.52. The summed E-state index contributed by atoms with van der Waals surface area (Å²) >= 11 is 1.66. The average molecular weight is 399 g/mol. The summed E-state index contributed by atoms with van der Waals surface area (Å²) < 4.78 is 27.4. The van der Waals surface area contributed by atoms with Crippen LogP contribution in [-0.4, -0.2) is 48.5 Å². The van der Waals surface area contributed by atoms with Crippen LogP contribution in [0.25, 0.3) is 0 Å². The van der Waals surface area contributed by atoms with Crippen LogP contribution in [0.3, 0.4) is 0 Å². The van der Waals surface area contributed by atoms with E-state index in [1.165, 1.54) is 12.1 Å². The minimum atomic E-state index is -3.68. The number of amides is 1. The Labute approximate surface area is 157 Å². The van der Waals surface area contributed by atoms with Crippen molar-refractivity contribution in [1.82, 2.24) is 10.0 Å². The molecule has 0 aromatic heterocycles. The molecule has 0 bridgehead atoms. The Balaban J connectivity index is 1.86. The summed E-state index contributed by atoms with van der Waals surface area (Å²) in [4.78, 5) is 24.5. The van der Waals surface area contributed by atoms with E-state index in [-0.39, 0.29) is 16.5 Å². The molecule has 1 amide bonds. The first-order chi connectivity index (χ1) is 12.2. The van der Waals surface area contributed by atoms with E-state index >= 15 is 0 Å². The Hall–Kier alpha value is -1.58. The zero-order valence-corrected chi connectivity index (χ0v) is 16.1. The molecule has 2 aliphatic rings. The molecule has 1 aromatic carbocycles. The topological polar surface area (TPSA) is 113 Å². The van der Waals surface area contributed by atoms with Crippen LogP contribution in [0.5, 0.6) is 0 Å². The third-order valence-electron chi connectivity index (χ3n) is 4.77. The van der Waals surface area contributed by atoms with Gasteiger partial charge in [-0.15, -0.1) is 0 Å². The molecular weight excluding hydrogens is 376 g/mol. The highest BCUT2D eigenvalue weighted by molar-refractivity contribution is 7.99. The zero-order chi connectivity index (χ0) is 18.9. The molecule has 1 heterocycles. The highest BCUT2D eigenvalue weighted by Crippen LogP contribution is 2.28. The molecule has 2 fully saturated rings. The summed E-state index contributed by atoms with van der Waals surface area (Å²) in [5.74, 6) is -0.292. The summed E-state index contributed by atoms with van der Waals surface area (Å²) in [7, 11) is -3.68. The van der Waals surface area contributed by atoms with E-state index in [0.717, 1.165) is 12.8 Å². The number of carboxylic acid groups (broad SMARTS) is 1. The maximum Gasteiger partial charge on any atom is 0.329 e. The molecule has 7 nitrogen and oxygen atoms in total. The Morgan fingerprint density at radius 3 is 2.46 bits per heavy atom. The number of carbonyl (C=O) groups is 2. The molecule has 1 saturated heterocycles. The normalized spacial score (nSPS) is 19.7. The highest BCUT2D eigenvalue weighted by atomic mass is 32.2. The van der Waals surface area contributed by atoms with Crippen LogP contribution in [0.1, 0.15) is 41.6 Å². The Kier molecular flexibility index (Phi) is 5.32. The summed E-state index contributed by atoms with van der Waals surface area (Å²) in [6.45, 7) is 1.70. The Morgan fingerprint density at radius 1 is 1.23 bits per heavy atom. The molecular formula is C17H22N2O5S2. The first-order valence-electron chi connectivity index (χ1n) is 8.50. The van der Waals surface area contributed by atoms with Crippen molar-refractivity contribution in [2.45, 2.75) is 49.1 Å². The van der Waals surface area contributed by atoms with Crippen molar-refractivity contribution in [1.29, 1.82) is 0 Å². The lowest BCUT2D eigenvalue weighted by Gasteiger charge is -2.33. The molecule has 0 radical (unpaired) electrons. The van der Waals surface area contributed by atoms with Gasteiger partial charge >= 0.3 is 5.97 Å². The summed E-state index contributed by atoms with van der Waals surface area (Å²) in [6.07, 6.45) is 2.33. The van der Waals surface area contributed by atoms with Crippen molar-refractivity contribution in [3.05, 3.63) is 29.3 Å². The summed E-state index contributed by atoms with van der Waals surface area (Å²) in [6, 6.07) is 4.32. The molecule has 3 N–H and O–H groups in total. The number of hydrogen-bond acceptors (Lipinski definition) is 5. The molecule has 1 aromatic rings. The predicted molar refractivity (Wildman–Crippen MR) is 98.9 cm³/mol. The van der Waals surface area contributed by atoms with Crippen molar-refractivity contribution < 1.29 is 23.1 Å². The van der Waals surface area contributed by atoms with Crippen LogP contribution in [0.15, 0.2) is 23.1 Å². The maximum atomic E-state index is 12.8. The SMILES string of the molecule is Cc1ccc(S(=O)(=O)NC2CC2)cc1C(=O)NC1(C(=O)O)CCSCC1. The van der Waals surface area contributed by atoms with Crippen LogP contribution in [0.2, 0.25) is 0 Å². The molecule has 142 valence electrons. The fraction of sp³-hybridized carbons (Fsp3) is 0.529. The number of rotatable bonds is 6. The van der Waals surface area contributed by atoms with E-state index in [2.05, 4.69) is 10.0 Å². The molecule has 0 unspecified atom stereocenters. The van der Waals surface area contributed by atoms with Gasteiger partial charge in [0.15, 0.2) is 0 Å². The number of sulfonamides is 1. The number of nitrogens with one attached hydrogen (secondary N) is 2. The van der Waals surface area contributed by atoms with E-state index in [1.54, 1.807) is 24.8 Å². The molecule has 3 rings (SSSR count). The van der Waals surface area contributed by atoms with Gasteiger partial charge in [-0.25, -0.2) is 17.9 Å². The summed E-state index contributed by atoms with van der Waals surface area (Å²) in [5, 5.41) is 12.3. The molecule has 0 spiro atoms. The lowest BCUT2D eigenvalue weighted by Crippen LogP contribution is -2.56. The van der Waals surface area contributed by atoms with Crippen LogP contribution in [-0.2, 0) is 14.8 Å². The minimum Gasteiger partial charge on any atom is -0.480 e. The second-order valence-corrected chi connectivity index (χ2v) is 9.76. The van der Waals surface area contributed by atoms with Gasteiger partial charge in [-0.1, -0.05) is 6.07 Å². The van der Waals surface area contributed by atoms with Crippen LogP contribution < -0.4 is 10.0 Å². The van der Waals surface area contributed by atoms with E-state index < -0.39 is 27.4 Å². The van der Waals surface area contributed by atoms with Crippen molar-refractivity contribution in [3.8, 4) is 0 Å². The summed E-state index contributed by atoms with van der Waals surface area (Å²) in [5.41, 5.74) is -0.517. The molecule has 9 heteroatoms. The smallest absolute Gasteiger partial charge is 0.329 e. The fourth-order valence-electron chi connectivity index (χ4n) is 2.90. The van der Waals surface area contributed by atoms with Crippen LogP contribution in [0.4, 0.5) is 0 Å². The average Bonchev–Trinajstić information content (AvgIpc) is 3.39. The quantitative estimate of drug-likeness (QED) is 0.670. The van der Waals surface area contributed by atoms with Crippen LogP contribution in [0, 0.1) is 6.92 Å². The Bertz CT molecular complexity index is 828. The van der Waals surface area contributed by atoms with Gasteiger partial charge in [0.05, 0.1) is 4.90 Å². The van der Waals surface area contributed by atoms with Gasteiger partial charge in [0.1, 0.15) is 5.54 Å². The monoisotopic (exact) mass is 398 g/mol. The number of carboxylic acids is 1. The zero-order valence-electron chi connectivity index (χ0n) is 14.4. The standard InChI is InChI=1S/C17H22N2O5S2/c1-11-2-5-13(26(23,24)19-12-3-4-12)10-14(11)15(20)18-17(16(21)22)6-8-25-9-7-17/h2,5,10,12,19H,3-4,6-9H2,1H3,(H,18,20)(H,21,22). The first-order valence-corrected chi connectivity index (χ1v) is 11.1. The van der Waals surface area contributed by atoms with E-state index in [1.807, 2.05) is 0 Å². The van der Waals surface area contributed by atoms with Crippen LogP contribution >= 0.6 is 11.8 Å². The third-order valence-corrected chi connectivity index (χ3v) is 7.28. The van der Waals surface area contributed by atoms with Crippen molar-refractivity contribution in [2.24, 2.45) is 0 Å². The highest BCUT2D eigenvalue weighted by Gasteiger charge is 2.41. The van der Waals surface area contributed by atoms with Gasteiger partial charge in [0.2, 0.25) is 10.0 Å². The van der Waals surface area contributed by atoms with Gasteiger partial charge in [0.25, 0.3) is 5.91 Å². The number of carbonyl (C=O) groups excluding carboxylic acids is 1. The van der Waals surface area contributed by atoms with E-state index in [0.29, 0.717) is 29.9 Å². The van der Waals surface area contributed by atoms with Crippen molar-refractivity contribution in [3.63, 3.8) is 0 Å². The number of aliphatic carboxylic acids is 1. The number of thioether (sulfide) groups is 1. The third kappa shape index (κ3) is 4.05. The molecule has 26 heavy (non-hydrogen) atoms. The second kappa shape index (κ2) is 7.21. The van der Waals surface area contributed by atoms with Gasteiger partial charge in [-0.2, -0.15) is 11.8 Å². The van der Waals surface area contributed by atoms with E-state index in [4.69, 9.17) is 0 Å². The van der Waals surface area contributed by atoms with E-state index in [9.17, 15) is 23.1 Å². The number of benzene rings is 1. The first kappa shape index (κ1) is 19.2. The maximum absolute atomic E-state index is 12.8. The minimum absolute atomic E-state index is 0.0173. The lowest BCUT2D eigenvalue weighted by molar-refractivity contribution is -0.144. The van der Waals surface area contributed by atoms with Gasteiger partial charge in [-0.05, 0) is 61.8 Å². The molecule has 0 atom stereocenters. The van der Waals surface area contributed by atoms with Gasteiger partial charge in [-0.3, -0.25) is 4.79 Å². The fourth-order valence-corrected chi connectivity index (χ4v) is 5.42.